The molecule has 0 radical (unpaired) electrons. The monoisotopic (exact) mass is 241 g/mol. The van der Waals surface area contributed by atoms with E-state index in [1.807, 2.05) is 21.0 Å². The topological polar surface area (TPSA) is 101 Å². The second-order valence-electron chi connectivity index (χ2n) is 3.92. The molecule has 1 unspecified atom stereocenters. The first-order valence-corrected chi connectivity index (χ1v) is 5.23. The molecule has 1 rings (SSSR count). The van der Waals surface area contributed by atoms with Gasteiger partial charge in [-0.3, -0.25) is 5.43 Å². The summed E-state index contributed by atoms with van der Waals surface area (Å²) in [7, 11) is 5.49. The molecular weight excluding hydrogens is 222 g/mol. The van der Waals surface area contributed by atoms with Gasteiger partial charge < -0.3 is 15.0 Å². The Morgan fingerprint density at radius 2 is 1.94 bits per heavy atom. The minimum atomic E-state index is 0.197. The number of hydrogen-bond donors (Lipinski definition) is 3. The van der Waals surface area contributed by atoms with Crippen LogP contribution < -0.4 is 21.3 Å². The third-order valence-corrected chi connectivity index (χ3v) is 1.94. The van der Waals surface area contributed by atoms with Gasteiger partial charge in [0.05, 0.1) is 7.11 Å². The van der Waals surface area contributed by atoms with Gasteiger partial charge in [0.25, 0.3) is 0 Å². The smallest absolute Gasteiger partial charge is 0.322 e. The maximum atomic E-state index is 5.26. The van der Waals surface area contributed by atoms with E-state index in [-0.39, 0.29) is 18.0 Å². The van der Waals surface area contributed by atoms with Crippen LogP contribution in [-0.2, 0) is 0 Å². The highest BCUT2D eigenvalue weighted by atomic mass is 16.5. The number of anilines is 2. The summed E-state index contributed by atoms with van der Waals surface area (Å²) in [6.07, 6.45) is 0. The number of rotatable bonds is 6. The van der Waals surface area contributed by atoms with Gasteiger partial charge in [-0.1, -0.05) is 0 Å². The maximum absolute atomic E-state index is 5.26. The van der Waals surface area contributed by atoms with Gasteiger partial charge in [0.1, 0.15) is 0 Å². The third-order valence-electron chi connectivity index (χ3n) is 1.94. The number of aromatic nitrogens is 3. The zero-order valence-corrected chi connectivity index (χ0v) is 10.6. The van der Waals surface area contributed by atoms with Crippen molar-refractivity contribution in [3.8, 4) is 6.01 Å². The molecule has 0 amide bonds. The first kappa shape index (κ1) is 13.4. The van der Waals surface area contributed by atoms with E-state index in [1.165, 1.54) is 7.11 Å². The van der Waals surface area contributed by atoms with E-state index in [0.717, 1.165) is 6.54 Å². The number of likely N-dealkylation sites (N-methyl/N-ethyl adjacent to an activating group) is 1. The fraction of sp³-hybridized carbons (Fsp3) is 0.667. The van der Waals surface area contributed by atoms with Crippen molar-refractivity contribution < 1.29 is 4.74 Å². The molecular formula is C9H19N7O. The minimum absolute atomic E-state index is 0.197. The first-order valence-electron chi connectivity index (χ1n) is 5.23. The van der Waals surface area contributed by atoms with Crippen LogP contribution >= 0.6 is 0 Å². The van der Waals surface area contributed by atoms with Crippen molar-refractivity contribution >= 4 is 11.9 Å². The minimum Gasteiger partial charge on any atom is -0.467 e. The van der Waals surface area contributed by atoms with Crippen LogP contribution in [0.1, 0.15) is 6.92 Å². The average molecular weight is 241 g/mol. The molecule has 0 aromatic carbocycles. The molecule has 0 spiro atoms. The lowest BCUT2D eigenvalue weighted by Crippen LogP contribution is -2.30. The molecule has 0 aliphatic heterocycles. The molecule has 4 N–H and O–H groups in total. The summed E-state index contributed by atoms with van der Waals surface area (Å²) in [6, 6.07) is 0.412. The lowest BCUT2D eigenvalue weighted by molar-refractivity contribution is 0.377. The normalized spacial score (nSPS) is 12.4. The maximum Gasteiger partial charge on any atom is 0.322 e. The fourth-order valence-corrected chi connectivity index (χ4v) is 1.39. The Bertz CT molecular complexity index is 335. The number of nitrogen functional groups attached to an aromatic ring is 1. The van der Waals surface area contributed by atoms with Crippen molar-refractivity contribution in [1.29, 1.82) is 0 Å². The summed E-state index contributed by atoms with van der Waals surface area (Å²) < 4.78 is 4.95. The second-order valence-corrected chi connectivity index (χ2v) is 3.92. The van der Waals surface area contributed by atoms with Gasteiger partial charge in [-0.2, -0.15) is 15.0 Å². The Morgan fingerprint density at radius 3 is 2.47 bits per heavy atom. The summed E-state index contributed by atoms with van der Waals surface area (Å²) >= 11 is 0. The summed E-state index contributed by atoms with van der Waals surface area (Å²) in [5, 5.41) is 3.14. The van der Waals surface area contributed by atoms with Gasteiger partial charge in [-0.15, -0.1) is 0 Å². The zero-order chi connectivity index (χ0) is 12.8. The highest BCUT2D eigenvalue weighted by Gasteiger charge is 2.09. The Morgan fingerprint density at radius 1 is 1.29 bits per heavy atom. The molecule has 0 saturated carbocycles. The Hall–Kier alpha value is -1.67. The molecule has 0 aliphatic rings. The van der Waals surface area contributed by atoms with E-state index >= 15 is 0 Å². The lowest BCUT2D eigenvalue weighted by atomic mass is 10.3. The molecule has 0 fully saturated rings. The summed E-state index contributed by atoms with van der Waals surface area (Å²) in [4.78, 5) is 14.1. The van der Waals surface area contributed by atoms with E-state index in [2.05, 4.69) is 30.6 Å². The van der Waals surface area contributed by atoms with Gasteiger partial charge in [0.15, 0.2) is 0 Å². The van der Waals surface area contributed by atoms with Crippen LogP contribution in [0.25, 0.3) is 0 Å². The molecule has 0 bridgehead atoms. The van der Waals surface area contributed by atoms with Crippen LogP contribution in [-0.4, -0.2) is 53.6 Å². The van der Waals surface area contributed by atoms with Crippen LogP contribution in [0.15, 0.2) is 0 Å². The summed E-state index contributed by atoms with van der Waals surface area (Å²) in [6.45, 7) is 2.89. The van der Waals surface area contributed by atoms with Crippen LogP contribution in [0.5, 0.6) is 6.01 Å². The van der Waals surface area contributed by atoms with Crippen LogP contribution in [0.2, 0.25) is 0 Å². The number of hydrogen-bond acceptors (Lipinski definition) is 8. The first-order chi connectivity index (χ1) is 8.05. The summed E-state index contributed by atoms with van der Waals surface area (Å²) in [5.41, 5.74) is 2.36. The zero-order valence-electron chi connectivity index (χ0n) is 10.6. The molecule has 1 aromatic rings. The molecule has 1 atom stereocenters. The highest BCUT2D eigenvalue weighted by Crippen LogP contribution is 2.10. The van der Waals surface area contributed by atoms with Crippen LogP contribution in [0, 0.1) is 0 Å². The standard InChI is InChI=1S/C9H19N7O/c1-6(5-16(2)3)11-7-12-8(15-10)14-9(13-7)17-4/h6H,5,10H2,1-4H3,(H2,11,12,13,14,15). The number of hydrazine groups is 1. The lowest BCUT2D eigenvalue weighted by Gasteiger charge is -2.18. The number of nitrogens with zero attached hydrogens (tertiary/aromatic N) is 4. The van der Waals surface area contributed by atoms with Crippen molar-refractivity contribution in [3.63, 3.8) is 0 Å². The molecule has 96 valence electrons. The van der Waals surface area contributed by atoms with Gasteiger partial charge in [-0.25, -0.2) is 5.84 Å². The van der Waals surface area contributed by atoms with E-state index < -0.39 is 0 Å². The van der Waals surface area contributed by atoms with E-state index in [1.54, 1.807) is 0 Å². The Kier molecular flexibility index (Phi) is 4.85. The molecule has 1 aromatic heterocycles. The molecule has 0 aliphatic carbocycles. The number of nitrogens with two attached hydrogens (primary N) is 1. The molecule has 0 saturated heterocycles. The molecule has 17 heavy (non-hydrogen) atoms. The van der Waals surface area contributed by atoms with Gasteiger partial charge in [0.2, 0.25) is 11.9 Å². The van der Waals surface area contributed by atoms with E-state index in [9.17, 15) is 0 Å². The second kappa shape index (κ2) is 6.16. The van der Waals surface area contributed by atoms with Crippen molar-refractivity contribution in [2.75, 3.05) is 38.5 Å². The largest absolute Gasteiger partial charge is 0.467 e. The predicted octanol–water partition coefficient (Wildman–Crippen LogP) is -0.472. The molecule has 8 heteroatoms. The average Bonchev–Trinajstić information content (AvgIpc) is 2.27. The predicted molar refractivity (Wildman–Crippen MR) is 65.8 cm³/mol. The van der Waals surface area contributed by atoms with Crippen molar-refractivity contribution in [2.45, 2.75) is 13.0 Å². The Balaban J connectivity index is 2.75. The summed E-state index contributed by atoms with van der Waals surface area (Å²) in [5.74, 6) is 5.95. The van der Waals surface area contributed by atoms with Crippen molar-refractivity contribution in [3.05, 3.63) is 0 Å². The molecule has 8 nitrogen and oxygen atoms in total. The fourth-order valence-electron chi connectivity index (χ4n) is 1.39. The molecule has 1 heterocycles. The Labute approximate surface area is 101 Å². The number of nitrogens with one attached hydrogen (secondary N) is 2. The van der Waals surface area contributed by atoms with Gasteiger partial charge >= 0.3 is 6.01 Å². The number of ether oxygens (including phenoxy) is 1. The van der Waals surface area contributed by atoms with Crippen LogP contribution in [0.3, 0.4) is 0 Å². The number of methoxy groups -OCH3 is 1. The van der Waals surface area contributed by atoms with E-state index in [0.29, 0.717) is 5.95 Å². The highest BCUT2D eigenvalue weighted by molar-refractivity contribution is 5.35. The van der Waals surface area contributed by atoms with Gasteiger partial charge in [-0.05, 0) is 21.0 Å². The van der Waals surface area contributed by atoms with Crippen molar-refractivity contribution in [1.82, 2.24) is 19.9 Å². The SMILES string of the molecule is COc1nc(NN)nc(NC(C)CN(C)C)n1. The quantitative estimate of drug-likeness (QED) is 0.454. The third kappa shape index (κ3) is 4.37. The van der Waals surface area contributed by atoms with E-state index in [4.69, 9.17) is 10.6 Å². The van der Waals surface area contributed by atoms with Crippen LogP contribution in [0.4, 0.5) is 11.9 Å². The van der Waals surface area contributed by atoms with Crippen molar-refractivity contribution in [2.24, 2.45) is 5.84 Å². The van der Waals surface area contributed by atoms with Gasteiger partial charge in [0, 0.05) is 12.6 Å².